The SMILES string of the molecule is COCCN(CCO)C(=O)c1c(N)cccc1OC. The van der Waals surface area contributed by atoms with Crippen molar-refractivity contribution in [1.82, 2.24) is 4.90 Å². The number of nitrogens with zero attached hydrogens (tertiary/aromatic N) is 1. The first-order valence-electron chi connectivity index (χ1n) is 5.97. The summed E-state index contributed by atoms with van der Waals surface area (Å²) in [6.07, 6.45) is 0. The van der Waals surface area contributed by atoms with Crippen molar-refractivity contribution in [3.63, 3.8) is 0 Å². The van der Waals surface area contributed by atoms with E-state index in [0.717, 1.165) is 0 Å². The van der Waals surface area contributed by atoms with Gasteiger partial charge in [-0.15, -0.1) is 0 Å². The minimum absolute atomic E-state index is 0.121. The highest BCUT2D eigenvalue weighted by atomic mass is 16.5. The average molecular weight is 268 g/mol. The highest BCUT2D eigenvalue weighted by Gasteiger charge is 2.21. The molecule has 0 radical (unpaired) electrons. The van der Waals surface area contributed by atoms with Gasteiger partial charge in [-0.1, -0.05) is 6.07 Å². The minimum Gasteiger partial charge on any atom is -0.496 e. The Morgan fingerprint density at radius 3 is 2.68 bits per heavy atom. The van der Waals surface area contributed by atoms with E-state index in [9.17, 15) is 4.79 Å². The van der Waals surface area contributed by atoms with Gasteiger partial charge < -0.3 is 25.2 Å². The first-order chi connectivity index (χ1) is 9.15. The molecule has 0 atom stereocenters. The van der Waals surface area contributed by atoms with Gasteiger partial charge in [0.25, 0.3) is 5.91 Å². The summed E-state index contributed by atoms with van der Waals surface area (Å²) in [7, 11) is 3.04. The molecule has 0 unspecified atom stereocenters. The van der Waals surface area contributed by atoms with Crippen molar-refractivity contribution in [3.05, 3.63) is 23.8 Å². The number of nitrogen functional groups attached to an aromatic ring is 1. The zero-order valence-electron chi connectivity index (χ0n) is 11.3. The number of aliphatic hydroxyl groups is 1. The second kappa shape index (κ2) is 7.60. The summed E-state index contributed by atoms with van der Waals surface area (Å²) >= 11 is 0. The standard InChI is InChI=1S/C13H20N2O4/c1-18-9-7-15(6-8-16)13(17)12-10(14)4-3-5-11(12)19-2/h3-5,16H,6-9,14H2,1-2H3. The molecule has 3 N–H and O–H groups in total. The Balaban J connectivity index is 3.01. The Hall–Kier alpha value is -1.79. The number of amides is 1. The molecule has 0 saturated heterocycles. The van der Waals surface area contributed by atoms with Crippen molar-refractivity contribution in [1.29, 1.82) is 0 Å². The fourth-order valence-electron chi connectivity index (χ4n) is 1.74. The van der Waals surface area contributed by atoms with Crippen molar-refractivity contribution in [2.75, 3.05) is 46.3 Å². The summed E-state index contributed by atoms with van der Waals surface area (Å²) in [5.74, 6) is 0.145. The zero-order valence-corrected chi connectivity index (χ0v) is 11.3. The van der Waals surface area contributed by atoms with E-state index in [-0.39, 0.29) is 19.1 Å². The third-order valence-electron chi connectivity index (χ3n) is 2.71. The Bertz CT molecular complexity index is 423. The van der Waals surface area contributed by atoms with Gasteiger partial charge >= 0.3 is 0 Å². The van der Waals surface area contributed by atoms with Crippen LogP contribution in [0.5, 0.6) is 5.75 Å². The summed E-state index contributed by atoms with van der Waals surface area (Å²) in [5, 5.41) is 9.03. The first kappa shape index (κ1) is 15.3. The molecule has 0 fully saturated rings. The number of aliphatic hydroxyl groups excluding tert-OH is 1. The Kier molecular flexibility index (Phi) is 6.11. The lowest BCUT2D eigenvalue weighted by molar-refractivity contribution is 0.0654. The lowest BCUT2D eigenvalue weighted by atomic mass is 10.1. The molecule has 1 rings (SSSR count). The fourth-order valence-corrected chi connectivity index (χ4v) is 1.74. The van der Waals surface area contributed by atoms with Gasteiger partial charge in [0.15, 0.2) is 0 Å². The molecule has 0 aliphatic carbocycles. The predicted molar refractivity (Wildman–Crippen MR) is 72.3 cm³/mol. The summed E-state index contributed by atoms with van der Waals surface area (Å²) in [5.41, 5.74) is 6.51. The van der Waals surface area contributed by atoms with Gasteiger partial charge in [0.05, 0.1) is 20.3 Å². The van der Waals surface area contributed by atoms with Gasteiger partial charge in [0.1, 0.15) is 11.3 Å². The molecule has 19 heavy (non-hydrogen) atoms. The molecule has 0 aliphatic rings. The number of methoxy groups -OCH3 is 2. The summed E-state index contributed by atoms with van der Waals surface area (Å²) in [6.45, 7) is 0.873. The number of benzene rings is 1. The van der Waals surface area contributed by atoms with E-state index < -0.39 is 0 Å². The van der Waals surface area contributed by atoms with Crippen molar-refractivity contribution in [2.45, 2.75) is 0 Å². The molecule has 6 heteroatoms. The van der Waals surface area contributed by atoms with Crippen LogP contribution < -0.4 is 10.5 Å². The number of rotatable bonds is 7. The van der Waals surface area contributed by atoms with Gasteiger partial charge in [0, 0.05) is 25.9 Å². The number of hydrogen-bond donors (Lipinski definition) is 2. The van der Waals surface area contributed by atoms with E-state index in [4.69, 9.17) is 20.3 Å². The number of anilines is 1. The molecule has 0 bridgehead atoms. The molecular weight excluding hydrogens is 248 g/mol. The van der Waals surface area contributed by atoms with Crippen molar-refractivity contribution in [2.24, 2.45) is 0 Å². The third kappa shape index (κ3) is 3.84. The number of nitrogens with two attached hydrogens (primary N) is 1. The van der Waals surface area contributed by atoms with Crippen molar-refractivity contribution < 1.29 is 19.4 Å². The number of carbonyl (C=O) groups excluding carboxylic acids is 1. The van der Waals surface area contributed by atoms with Crippen LogP contribution in [-0.2, 0) is 4.74 Å². The monoisotopic (exact) mass is 268 g/mol. The summed E-state index contributed by atoms with van der Waals surface area (Å²) < 4.78 is 10.1. The van der Waals surface area contributed by atoms with Crippen LogP contribution in [0.2, 0.25) is 0 Å². The second-order valence-electron chi connectivity index (χ2n) is 3.93. The topological polar surface area (TPSA) is 85.0 Å². The highest BCUT2D eigenvalue weighted by Crippen LogP contribution is 2.25. The Morgan fingerprint density at radius 1 is 1.37 bits per heavy atom. The van der Waals surface area contributed by atoms with Crippen LogP contribution in [0.1, 0.15) is 10.4 Å². The number of carbonyl (C=O) groups is 1. The van der Waals surface area contributed by atoms with E-state index in [1.165, 1.54) is 12.0 Å². The molecule has 0 aliphatic heterocycles. The van der Waals surface area contributed by atoms with Gasteiger partial charge in [-0.2, -0.15) is 0 Å². The lowest BCUT2D eigenvalue weighted by Crippen LogP contribution is -2.36. The van der Waals surface area contributed by atoms with Gasteiger partial charge in [0.2, 0.25) is 0 Å². The maximum Gasteiger partial charge on any atom is 0.259 e. The maximum absolute atomic E-state index is 12.4. The van der Waals surface area contributed by atoms with Crippen LogP contribution in [0.3, 0.4) is 0 Å². The molecule has 1 aromatic carbocycles. The normalized spacial score (nSPS) is 10.3. The molecule has 0 aromatic heterocycles. The van der Waals surface area contributed by atoms with Crippen LogP contribution >= 0.6 is 0 Å². The van der Waals surface area contributed by atoms with Crippen LogP contribution in [-0.4, -0.2) is 56.4 Å². The molecule has 0 heterocycles. The second-order valence-corrected chi connectivity index (χ2v) is 3.93. The molecule has 6 nitrogen and oxygen atoms in total. The zero-order chi connectivity index (χ0) is 14.3. The van der Waals surface area contributed by atoms with Gasteiger partial charge in [-0.05, 0) is 12.1 Å². The maximum atomic E-state index is 12.4. The number of ether oxygens (including phenoxy) is 2. The van der Waals surface area contributed by atoms with Crippen LogP contribution in [0.4, 0.5) is 5.69 Å². The van der Waals surface area contributed by atoms with Crippen LogP contribution in [0.15, 0.2) is 18.2 Å². The first-order valence-corrected chi connectivity index (χ1v) is 5.97. The Labute approximate surface area is 112 Å². The minimum atomic E-state index is -0.277. The van der Waals surface area contributed by atoms with E-state index in [1.54, 1.807) is 25.3 Å². The molecular formula is C13H20N2O4. The smallest absolute Gasteiger partial charge is 0.259 e. The lowest BCUT2D eigenvalue weighted by Gasteiger charge is -2.23. The third-order valence-corrected chi connectivity index (χ3v) is 2.71. The molecule has 106 valence electrons. The summed E-state index contributed by atoms with van der Waals surface area (Å²) in [6, 6.07) is 5.04. The predicted octanol–water partition coefficient (Wildman–Crippen LogP) is 0.358. The largest absolute Gasteiger partial charge is 0.496 e. The highest BCUT2D eigenvalue weighted by molar-refractivity contribution is 6.01. The Morgan fingerprint density at radius 2 is 2.11 bits per heavy atom. The quantitative estimate of drug-likeness (QED) is 0.697. The number of hydrogen-bond acceptors (Lipinski definition) is 5. The van der Waals surface area contributed by atoms with Crippen LogP contribution in [0.25, 0.3) is 0 Å². The van der Waals surface area contributed by atoms with E-state index in [1.807, 2.05) is 0 Å². The average Bonchev–Trinajstić information content (AvgIpc) is 2.42. The van der Waals surface area contributed by atoms with E-state index in [2.05, 4.69) is 0 Å². The fraction of sp³-hybridized carbons (Fsp3) is 0.462. The summed E-state index contributed by atoms with van der Waals surface area (Å²) in [4.78, 5) is 13.9. The van der Waals surface area contributed by atoms with Gasteiger partial charge in [-0.25, -0.2) is 0 Å². The van der Waals surface area contributed by atoms with E-state index >= 15 is 0 Å². The molecule has 1 amide bonds. The van der Waals surface area contributed by atoms with Crippen molar-refractivity contribution in [3.8, 4) is 5.75 Å². The van der Waals surface area contributed by atoms with Crippen molar-refractivity contribution >= 4 is 11.6 Å². The molecule has 0 saturated carbocycles. The van der Waals surface area contributed by atoms with Crippen LogP contribution in [0, 0.1) is 0 Å². The van der Waals surface area contributed by atoms with E-state index in [0.29, 0.717) is 30.2 Å². The molecule has 0 spiro atoms. The van der Waals surface area contributed by atoms with Gasteiger partial charge in [-0.3, -0.25) is 4.79 Å². The molecule has 1 aromatic rings.